The third kappa shape index (κ3) is 3.65. The number of amides is 1. The number of nitrogens with zero attached hydrogens (tertiary/aromatic N) is 1. The molecular formula is C16H16ClNO4S. The average Bonchev–Trinajstić information content (AvgIpc) is 2.89. The minimum Gasteiger partial charge on any atom is -0.481 e. The Hall–Kier alpha value is -1.63. The van der Waals surface area contributed by atoms with Crippen molar-refractivity contribution in [2.24, 2.45) is 0 Å². The quantitative estimate of drug-likeness (QED) is 0.917. The van der Waals surface area contributed by atoms with Crippen LogP contribution in [-0.2, 0) is 20.7 Å². The first kappa shape index (κ1) is 16.2. The molecule has 1 saturated heterocycles. The molecule has 2 aromatic rings. The van der Waals surface area contributed by atoms with E-state index in [2.05, 4.69) is 0 Å². The number of ether oxygens (including phenoxy) is 1. The third-order valence-corrected chi connectivity index (χ3v) is 5.16. The van der Waals surface area contributed by atoms with Gasteiger partial charge in [-0.3, -0.25) is 9.59 Å². The molecule has 0 radical (unpaired) electrons. The Labute approximate surface area is 142 Å². The number of thiophene rings is 1. The van der Waals surface area contributed by atoms with E-state index in [-0.39, 0.29) is 25.4 Å². The van der Waals surface area contributed by atoms with Crippen molar-refractivity contribution in [3.8, 4) is 0 Å². The number of halogens is 1. The molecule has 1 fully saturated rings. The fourth-order valence-electron chi connectivity index (χ4n) is 2.81. The van der Waals surface area contributed by atoms with Gasteiger partial charge in [-0.2, -0.15) is 0 Å². The summed E-state index contributed by atoms with van der Waals surface area (Å²) in [6, 6.07) is 5.24. The minimum absolute atomic E-state index is 0.0702. The Morgan fingerprint density at radius 2 is 2.26 bits per heavy atom. The zero-order chi connectivity index (χ0) is 16.4. The van der Waals surface area contributed by atoms with Crippen molar-refractivity contribution in [3.63, 3.8) is 0 Å². The van der Waals surface area contributed by atoms with Crippen LogP contribution in [0.2, 0.25) is 5.02 Å². The van der Waals surface area contributed by atoms with Crippen LogP contribution >= 0.6 is 22.9 Å². The number of rotatable bonds is 4. The van der Waals surface area contributed by atoms with E-state index in [0.717, 1.165) is 15.6 Å². The number of morpholine rings is 1. The van der Waals surface area contributed by atoms with Gasteiger partial charge < -0.3 is 14.7 Å². The van der Waals surface area contributed by atoms with Crippen LogP contribution in [0.3, 0.4) is 0 Å². The van der Waals surface area contributed by atoms with Crippen molar-refractivity contribution in [2.75, 3.05) is 19.8 Å². The number of carbonyl (C=O) groups is 2. The Morgan fingerprint density at radius 3 is 3.04 bits per heavy atom. The lowest BCUT2D eigenvalue weighted by molar-refractivity contribution is -0.145. The van der Waals surface area contributed by atoms with Crippen LogP contribution in [0.15, 0.2) is 23.6 Å². The first-order chi connectivity index (χ1) is 11.0. The van der Waals surface area contributed by atoms with E-state index in [0.29, 0.717) is 18.2 Å². The van der Waals surface area contributed by atoms with Gasteiger partial charge in [0, 0.05) is 16.3 Å². The molecule has 1 aromatic carbocycles. The summed E-state index contributed by atoms with van der Waals surface area (Å²) in [7, 11) is 0. The number of hydrogen-bond acceptors (Lipinski definition) is 4. The molecule has 23 heavy (non-hydrogen) atoms. The monoisotopic (exact) mass is 353 g/mol. The van der Waals surface area contributed by atoms with Crippen molar-refractivity contribution < 1.29 is 19.4 Å². The first-order valence-corrected chi connectivity index (χ1v) is 8.55. The maximum Gasteiger partial charge on any atom is 0.305 e. The summed E-state index contributed by atoms with van der Waals surface area (Å²) in [5, 5.41) is 12.6. The van der Waals surface area contributed by atoms with E-state index in [4.69, 9.17) is 21.4 Å². The van der Waals surface area contributed by atoms with Gasteiger partial charge in [0.05, 0.1) is 32.1 Å². The summed E-state index contributed by atoms with van der Waals surface area (Å²) in [5.74, 6) is -0.995. The Kier molecular flexibility index (Phi) is 4.84. The predicted octanol–water partition coefficient (Wildman–Crippen LogP) is 2.80. The molecule has 2 heterocycles. The number of carboxylic acids is 1. The SMILES string of the molecule is O=C(O)CC1COCCN1C(=O)Cc1csc2ccc(Cl)cc12. The van der Waals surface area contributed by atoms with Crippen molar-refractivity contribution >= 4 is 44.9 Å². The minimum atomic E-state index is -0.925. The van der Waals surface area contributed by atoms with Crippen molar-refractivity contribution in [1.29, 1.82) is 0 Å². The maximum absolute atomic E-state index is 12.6. The molecule has 1 aromatic heterocycles. The summed E-state index contributed by atoms with van der Waals surface area (Å²) in [5.41, 5.74) is 0.929. The van der Waals surface area contributed by atoms with E-state index < -0.39 is 12.0 Å². The van der Waals surface area contributed by atoms with Crippen molar-refractivity contribution in [2.45, 2.75) is 18.9 Å². The van der Waals surface area contributed by atoms with E-state index in [1.165, 1.54) is 0 Å². The molecule has 3 rings (SSSR count). The molecule has 7 heteroatoms. The molecule has 122 valence electrons. The summed E-state index contributed by atoms with van der Waals surface area (Å²) in [4.78, 5) is 25.2. The van der Waals surface area contributed by atoms with Crippen LogP contribution in [0.5, 0.6) is 0 Å². The normalized spacial score (nSPS) is 18.3. The molecule has 0 saturated carbocycles. The highest BCUT2D eigenvalue weighted by molar-refractivity contribution is 7.17. The number of carboxylic acid groups (broad SMARTS) is 1. The van der Waals surface area contributed by atoms with E-state index in [9.17, 15) is 9.59 Å². The zero-order valence-corrected chi connectivity index (χ0v) is 13.9. The summed E-state index contributed by atoms with van der Waals surface area (Å²) >= 11 is 7.62. The standard InChI is InChI=1S/C16H16ClNO4S/c17-11-1-2-14-13(6-11)10(9-23-14)5-15(19)18-3-4-22-8-12(18)7-16(20)21/h1-2,6,9,12H,3-5,7-8H2,(H,20,21). The molecular weight excluding hydrogens is 338 g/mol. The van der Waals surface area contributed by atoms with Gasteiger partial charge >= 0.3 is 5.97 Å². The smallest absolute Gasteiger partial charge is 0.305 e. The lowest BCUT2D eigenvalue weighted by atomic mass is 10.1. The van der Waals surface area contributed by atoms with Gasteiger partial charge in [-0.15, -0.1) is 11.3 Å². The molecule has 0 aliphatic carbocycles. The van der Waals surface area contributed by atoms with Gasteiger partial charge in [-0.05, 0) is 34.5 Å². The second-order valence-electron chi connectivity index (χ2n) is 5.49. The molecule has 1 atom stereocenters. The van der Waals surface area contributed by atoms with E-state index in [1.807, 2.05) is 23.6 Å². The van der Waals surface area contributed by atoms with E-state index >= 15 is 0 Å². The Morgan fingerprint density at radius 1 is 1.43 bits per heavy atom. The fourth-order valence-corrected chi connectivity index (χ4v) is 3.92. The predicted molar refractivity (Wildman–Crippen MR) is 89.1 cm³/mol. The summed E-state index contributed by atoms with van der Waals surface area (Å²) in [6.45, 7) is 1.14. The lowest BCUT2D eigenvalue weighted by Gasteiger charge is -2.34. The summed E-state index contributed by atoms with van der Waals surface area (Å²) < 4.78 is 6.40. The van der Waals surface area contributed by atoms with Crippen LogP contribution < -0.4 is 0 Å². The van der Waals surface area contributed by atoms with Crippen LogP contribution in [0.25, 0.3) is 10.1 Å². The largest absolute Gasteiger partial charge is 0.481 e. The third-order valence-electron chi connectivity index (χ3n) is 3.92. The Balaban J connectivity index is 1.78. The number of fused-ring (bicyclic) bond motifs is 1. The van der Waals surface area contributed by atoms with Crippen LogP contribution in [0.4, 0.5) is 0 Å². The molecule has 0 bridgehead atoms. The Bertz CT molecular complexity index is 745. The average molecular weight is 354 g/mol. The van der Waals surface area contributed by atoms with Crippen molar-refractivity contribution in [1.82, 2.24) is 4.90 Å². The van der Waals surface area contributed by atoms with Crippen LogP contribution in [-0.4, -0.2) is 47.7 Å². The number of benzene rings is 1. The number of aliphatic carboxylic acids is 1. The molecule has 0 spiro atoms. The molecule has 1 amide bonds. The molecule has 1 aliphatic rings. The molecule has 1 aliphatic heterocycles. The van der Waals surface area contributed by atoms with Crippen LogP contribution in [0.1, 0.15) is 12.0 Å². The second kappa shape index (κ2) is 6.86. The lowest BCUT2D eigenvalue weighted by Crippen LogP contribution is -2.50. The van der Waals surface area contributed by atoms with Gasteiger partial charge in [0.2, 0.25) is 5.91 Å². The second-order valence-corrected chi connectivity index (χ2v) is 6.84. The maximum atomic E-state index is 12.6. The van der Waals surface area contributed by atoms with Gasteiger partial charge in [-0.25, -0.2) is 0 Å². The highest BCUT2D eigenvalue weighted by Gasteiger charge is 2.29. The summed E-state index contributed by atoms with van der Waals surface area (Å²) in [6.07, 6.45) is 0.151. The van der Waals surface area contributed by atoms with Gasteiger partial charge in [0.15, 0.2) is 0 Å². The van der Waals surface area contributed by atoms with Gasteiger partial charge in [-0.1, -0.05) is 11.6 Å². The molecule has 1 N–H and O–H groups in total. The van der Waals surface area contributed by atoms with Crippen molar-refractivity contribution in [3.05, 3.63) is 34.2 Å². The van der Waals surface area contributed by atoms with Gasteiger partial charge in [0.25, 0.3) is 0 Å². The fraction of sp³-hybridized carbons (Fsp3) is 0.375. The van der Waals surface area contributed by atoms with E-state index in [1.54, 1.807) is 16.2 Å². The number of carbonyl (C=O) groups excluding carboxylic acids is 1. The topological polar surface area (TPSA) is 66.8 Å². The molecule has 5 nitrogen and oxygen atoms in total. The first-order valence-electron chi connectivity index (χ1n) is 7.29. The van der Waals surface area contributed by atoms with Crippen LogP contribution in [0, 0.1) is 0 Å². The number of hydrogen-bond donors (Lipinski definition) is 1. The van der Waals surface area contributed by atoms with Gasteiger partial charge in [0.1, 0.15) is 0 Å². The highest BCUT2D eigenvalue weighted by Crippen LogP contribution is 2.29. The highest BCUT2D eigenvalue weighted by atomic mass is 35.5. The zero-order valence-electron chi connectivity index (χ0n) is 12.3. The molecule has 1 unspecified atom stereocenters.